The summed E-state index contributed by atoms with van der Waals surface area (Å²) in [5, 5.41) is 4.45. The zero-order chi connectivity index (χ0) is 22.2. The van der Waals surface area contributed by atoms with Crippen LogP contribution in [0.4, 0.5) is 0 Å². The van der Waals surface area contributed by atoms with E-state index < -0.39 is 11.9 Å². The van der Waals surface area contributed by atoms with Crippen molar-refractivity contribution < 1.29 is 19.1 Å². The molecule has 1 amide bonds. The van der Waals surface area contributed by atoms with Crippen molar-refractivity contribution >= 4 is 41.3 Å². The van der Waals surface area contributed by atoms with Crippen LogP contribution in [0.2, 0.25) is 10.0 Å². The van der Waals surface area contributed by atoms with Gasteiger partial charge < -0.3 is 9.47 Å². The number of carbonyl (C=O) groups excluding carboxylic acids is 2. The van der Waals surface area contributed by atoms with Crippen molar-refractivity contribution in [1.82, 2.24) is 5.43 Å². The van der Waals surface area contributed by atoms with Gasteiger partial charge in [0.05, 0.1) is 16.8 Å². The molecule has 0 saturated carbocycles. The number of hydrogen-bond donors (Lipinski definition) is 1. The van der Waals surface area contributed by atoms with Crippen molar-refractivity contribution in [2.75, 3.05) is 6.61 Å². The Balaban J connectivity index is 1.48. The van der Waals surface area contributed by atoms with Crippen molar-refractivity contribution in [2.45, 2.75) is 6.92 Å². The maximum absolute atomic E-state index is 12.2. The first-order valence-electron chi connectivity index (χ1n) is 9.20. The van der Waals surface area contributed by atoms with Crippen LogP contribution in [-0.2, 0) is 4.79 Å². The summed E-state index contributed by atoms with van der Waals surface area (Å²) >= 11 is 11.9. The van der Waals surface area contributed by atoms with E-state index in [1.807, 2.05) is 13.0 Å². The lowest BCUT2D eigenvalue weighted by Crippen LogP contribution is -2.24. The molecule has 0 aliphatic heterocycles. The molecule has 3 rings (SSSR count). The summed E-state index contributed by atoms with van der Waals surface area (Å²) in [6.07, 6.45) is 1.45. The maximum atomic E-state index is 12.2. The Labute approximate surface area is 189 Å². The first-order valence-corrected chi connectivity index (χ1v) is 9.95. The minimum atomic E-state index is -0.462. The van der Waals surface area contributed by atoms with Gasteiger partial charge in [0.2, 0.25) is 0 Å². The molecule has 3 aromatic rings. The van der Waals surface area contributed by atoms with Gasteiger partial charge >= 0.3 is 5.97 Å². The fourth-order valence-corrected chi connectivity index (χ4v) is 2.86. The summed E-state index contributed by atoms with van der Waals surface area (Å²) in [6, 6.07) is 18.8. The molecule has 1 N–H and O–H groups in total. The predicted octanol–water partition coefficient (Wildman–Crippen LogP) is 5.05. The van der Waals surface area contributed by atoms with Gasteiger partial charge in [-0.25, -0.2) is 10.2 Å². The molecule has 0 heterocycles. The van der Waals surface area contributed by atoms with E-state index in [0.29, 0.717) is 27.6 Å². The van der Waals surface area contributed by atoms with Gasteiger partial charge in [0, 0.05) is 0 Å². The summed E-state index contributed by atoms with van der Waals surface area (Å²) in [5.41, 5.74) is 4.51. The van der Waals surface area contributed by atoms with Gasteiger partial charge in [0.15, 0.2) is 6.61 Å². The predicted molar refractivity (Wildman–Crippen MR) is 120 cm³/mol. The van der Waals surface area contributed by atoms with Crippen LogP contribution in [0, 0.1) is 6.92 Å². The van der Waals surface area contributed by atoms with E-state index in [4.69, 9.17) is 32.7 Å². The van der Waals surface area contributed by atoms with Crippen LogP contribution in [-0.4, -0.2) is 24.7 Å². The van der Waals surface area contributed by atoms with Gasteiger partial charge in [-0.1, -0.05) is 47.0 Å². The van der Waals surface area contributed by atoms with Crippen LogP contribution in [0.3, 0.4) is 0 Å². The molecule has 0 aliphatic carbocycles. The number of nitrogens with zero attached hydrogens (tertiary/aromatic N) is 1. The molecular formula is C23H18Cl2N2O4. The largest absolute Gasteiger partial charge is 0.482 e. The van der Waals surface area contributed by atoms with E-state index in [9.17, 15) is 9.59 Å². The van der Waals surface area contributed by atoms with Gasteiger partial charge in [-0.2, -0.15) is 5.10 Å². The Hall–Kier alpha value is -3.35. The fourth-order valence-electron chi connectivity index (χ4n) is 2.51. The summed E-state index contributed by atoms with van der Waals surface area (Å²) in [6.45, 7) is 1.63. The standard InChI is InChI=1S/C23H18Cl2N2O4/c1-15-4-2-5-17(12-15)23(29)31-18-10-8-16(9-11-18)13-26-27-21(28)14-30-20-7-3-6-19(24)22(20)25/h2-13H,14H2,1H3,(H,27,28)/b26-13-. The monoisotopic (exact) mass is 456 g/mol. The molecule has 0 fully saturated rings. The van der Waals surface area contributed by atoms with Crippen LogP contribution in [0.15, 0.2) is 71.8 Å². The van der Waals surface area contributed by atoms with Crippen molar-refractivity contribution in [3.63, 3.8) is 0 Å². The van der Waals surface area contributed by atoms with Crippen molar-refractivity contribution in [2.24, 2.45) is 5.10 Å². The molecule has 31 heavy (non-hydrogen) atoms. The minimum Gasteiger partial charge on any atom is -0.482 e. The van der Waals surface area contributed by atoms with E-state index in [1.165, 1.54) is 6.21 Å². The van der Waals surface area contributed by atoms with Gasteiger partial charge in [0.25, 0.3) is 5.91 Å². The van der Waals surface area contributed by atoms with Crippen molar-refractivity contribution in [1.29, 1.82) is 0 Å². The first-order chi connectivity index (χ1) is 14.9. The third kappa shape index (κ3) is 6.57. The molecule has 3 aromatic carbocycles. The Morgan fingerprint density at radius 2 is 1.77 bits per heavy atom. The summed E-state index contributed by atoms with van der Waals surface area (Å²) in [7, 11) is 0. The molecule has 158 valence electrons. The summed E-state index contributed by atoms with van der Waals surface area (Å²) < 4.78 is 10.7. The van der Waals surface area contributed by atoms with Crippen LogP contribution in [0.5, 0.6) is 11.5 Å². The molecule has 0 bridgehead atoms. The Kier molecular flexibility index (Phi) is 7.65. The number of ether oxygens (including phenoxy) is 2. The highest BCUT2D eigenvalue weighted by atomic mass is 35.5. The first kappa shape index (κ1) is 22.3. The average molecular weight is 457 g/mol. The number of benzene rings is 3. The third-order valence-corrected chi connectivity index (χ3v) is 4.82. The van der Waals surface area contributed by atoms with E-state index in [1.54, 1.807) is 60.7 Å². The van der Waals surface area contributed by atoms with E-state index in [2.05, 4.69) is 10.5 Å². The molecule has 0 radical (unpaired) electrons. The molecule has 0 spiro atoms. The Morgan fingerprint density at radius 3 is 2.52 bits per heavy atom. The highest BCUT2D eigenvalue weighted by molar-refractivity contribution is 6.42. The van der Waals surface area contributed by atoms with Crippen LogP contribution >= 0.6 is 23.2 Å². The summed E-state index contributed by atoms with van der Waals surface area (Å²) in [4.78, 5) is 24.0. The molecule has 0 aliphatic rings. The topological polar surface area (TPSA) is 77.0 Å². The fraction of sp³-hybridized carbons (Fsp3) is 0.0870. The third-order valence-electron chi connectivity index (χ3n) is 4.02. The second-order valence-electron chi connectivity index (χ2n) is 6.46. The maximum Gasteiger partial charge on any atom is 0.343 e. The number of esters is 1. The SMILES string of the molecule is Cc1cccc(C(=O)Oc2ccc(/C=N\NC(=O)COc3cccc(Cl)c3Cl)cc2)c1. The molecule has 0 atom stereocenters. The number of nitrogens with one attached hydrogen (secondary N) is 1. The molecule has 0 aromatic heterocycles. The lowest BCUT2D eigenvalue weighted by atomic mass is 10.1. The zero-order valence-electron chi connectivity index (χ0n) is 16.5. The van der Waals surface area contributed by atoms with Crippen LogP contribution < -0.4 is 14.9 Å². The number of aryl methyl sites for hydroxylation is 1. The number of halogens is 2. The van der Waals surface area contributed by atoms with Gasteiger partial charge in [-0.05, 0) is 61.0 Å². The Morgan fingerprint density at radius 1 is 1.03 bits per heavy atom. The number of hydrazone groups is 1. The average Bonchev–Trinajstić information content (AvgIpc) is 2.76. The van der Waals surface area contributed by atoms with E-state index in [0.717, 1.165) is 5.56 Å². The lowest BCUT2D eigenvalue weighted by molar-refractivity contribution is -0.123. The van der Waals surface area contributed by atoms with Crippen LogP contribution in [0.1, 0.15) is 21.5 Å². The quantitative estimate of drug-likeness (QED) is 0.233. The van der Waals surface area contributed by atoms with Crippen LogP contribution in [0.25, 0.3) is 0 Å². The van der Waals surface area contributed by atoms with Gasteiger partial charge in [-0.15, -0.1) is 0 Å². The highest BCUT2D eigenvalue weighted by Gasteiger charge is 2.09. The Bertz CT molecular complexity index is 1110. The molecule has 8 heteroatoms. The molecule has 0 unspecified atom stereocenters. The number of hydrogen-bond acceptors (Lipinski definition) is 5. The molecular weight excluding hydrogens is 439 g/mol. The van der Waals surface area contributed by atoms with Gasteiger partial charge in [-0.3, -0.25) is 4.79 Å². The normalized spacial score (nSPS) is 10.7. The van der Waals surface area contributed by atoms with E-state index in [-0.39, 0.29) is 11.6 Å². The zero-order valence-corrected chi connectivity index (χ0v) is 18.0. The highest BCUT2D eigenvalue weighted by Crippen LogP contribution is 2.31. The molecule has 0 saturated heterocycles. The molecule has 6 nitrogen and oxygen atoms in total. The van der Waals surface area contributed by atoms with Gasteiger partial charge in [0.1, 0.15) is 16.5 Å². The second kappa shape index (κ2) is 10.6. The van der Waals surface area contributed by atoms with Crippen molar-refractivity contribution in [3.8, 4) is 11.5 Å². The summed E-state index contributed by atoms with van der Waals surface area (Å²) in [5.74, 6) is -0.184. The second-order valence-corrected chi connectivity index (χ2v) is 7.25. The minimum absolute atomic E-state index is 0.239. The number of rotatable bonds is 7. The number of amides is 1. The number of carbonyl (C=O) groups is 2. The van der Waals surface area contributed by atoms with E-state index >= 15 is 0 Å². The smallest absolute Gasteiger partial charge is 0.343 e. The van der Waals surface area contributed by atoms with Crippen molar-refractivity contribution in [3.05, 3.63) is 93.5 Å². The lowest BCUT2D eigenvalue weighted by Gasteiger charge is -2.07.